The number of carbonyl (C=O) groups is 1. The van der Waals surface area contributed by atoms with Crippen LogP contribution in [0, 0.1) is 11.7 Å². The summed E-state index contributed by atoms with van der Waals surface area (Å²) in [5.74, 6) is -0.538. The number of hydrogen-bond donors (Lipinski definition) is 2. The molecule has 23 heavy (non-hydrogen) atoms. The summed E-state index contributed by atoms with van der Waals surface area (Å²) < 4.78 is 13.7. The molecule has 2 aliphatic rings. The van der Waals surface area contributed by atoms with Crippen LogP contribution in [0.1, 0.15) is 32.1 Å². The lowest BCUT2D eigenvalue weighted by Crippen LogP contribution is -2.54. The van der Waals surface area contributed by atoms with E-state index in [0.29, 0.717) is 18.0 Å². The van der Waals surface area contributed by atoms with E-state index in [0.717, 1.165) is 32.2 Å². The molecule has 1 aromatic carbocycles. The van der Waals surface area contributed by atoms with Crippen LogP contribution in [0.4, 0.5) is 10.1 Å². The molecule has 0 unspecified atom stereocenters. The van der Waals surface area contributed by atoms with E-state index in [9.17, 15) is 14.3 Å². The number of benzene rings is 1. The van der Waals surface area contributed by atoms with E-state index in [1.54, 1.807) is 6.07 Å². The van der Waals surface area contributed by atoms with Crippen molar-refractivity contribution in [3.63, 3.8) is 0 Å². The molecule has 0 aromatic heterocycles. The fourth-order valence-electron chi connectivity index (χ4n) is 3.77. The fraction of sp³-hybridized carbons (Fsp3) is 0.588. The maximum Gasteiger partial charge on any atom is 0.238 e. The summed E-state index contributed by atoms with van der Waals surface area (Å²) in [7, 11) is 0. The average molecular weight is 341 g/mol. The summed E-state index contributed by atoms with van der Waals surface area (Å²) in [6.07, 6.45) is 4.82. The smallest absolute Gasteiger partial charge is 0.238 e. The third kappa shape index (κ3) is 3.84. The van der Waals surface area contributed by atoms with Gasteiger partial charge in [-0.1, -0.05) is 24.4 Å². The number of halogens is 2. The molecule has 3 rings (SSSR count). The molecule has 1 aromatic rings. The normalized spacial score (nSPS) is 28.2. The van der Waals surface area contributed by atoms with Crippen LogP contribution in [0.25, 0.3) is 0 Å². The topological polar surface area (TPSA) is 52.6 Å². The number of aliphatic hydroxyl groups is 1. The van der Waals surface area contributed by atoms with Crippen LogP contribution in [0.3, 0.4) is 0 Å². The van der Waals surface area contributed by atoms with E-state index in [-0.39, 0.29) is 24.1 Å². The fourth-order valence-corrected chi connectivity index (χ4v) is 3.93. The third-order valence-corrected chi connectivity index (χ3v) is 5.32. The Kier molecular flexibility index (Phi) is 4.90. The molecule has 1 saturated heterocycles. The lowest BCUT2D eigenvalue weighted by molar-refractivity contribution is -0.123. The van der Waals surface area contributed by atoms with Crippen molar-refractivity contribution in [2.75, 3.05) is 25.0 Å². The minimum absolute atomic E-state index is 0.144. The molecule has 1 heterocycles. The first-order chi connectivity index (χ1) is 11.0. The summed E-state index contributed by atoms with van der Waals surface area (Å²) >= 11 is 5.70. The molecule has 1 saturated carbocycles. The molecule has 0 bridgehead atoms. The molecule has 0 spiro atoms. The first-order valence-corrected chi connectivity index (χ1v) is 8.54. The van der Waals surface area contributed by atoms with Crippen molar-refractivity contribution in [2.24, 2.45) is 5.92 Å². The predicted octanol–water partition coefficient (Wildman–Crippen LogP) is 3.04. The van der Waals surface area contributed by atoms with Gasteiger partial charge in [0.05, 0.1) is 17.8 Å². The summed E-state index contributed by atoms with van der Waals surface area (Å²) in [5.41, 5.74) is -0.404. The van der Waals surface area contributed by atoms with Gasteiger partial charge in [0.1, 0.15) is 5.82 Å². The van der Waals surface area contributed by atoms with Crippen LogP contribution in [0.2, 0.25) is 5.02 Å². The van der Waals surface area contributed by atoms with E-state index >= 15 is 0 Å². The van der Waals surface area contributed by atoms with Gasteiger partial charge in [0.15, 0.2) is 0 Å². The van der Waals surface area contributed by atoms with Gasteiger partial charge in [-0.2, -0.15) is 0 Å². The number of piperidine rings is 1. The van der Waals surface area contributed by atoms with Gasteiger partial charge >= 0.3 is 0 Å². The monoisotopic (exact) mass is 340 g/mol. The standard InChI is InChI=1S/C17H22ClFN2O2/c18-13-4-5-15(14(19)9-13)20-16(22)11-21-8-7-17(23)6-2-1-3-12(17)10-21/h4-5,9,12,23H,1-3,6-8,10-11H2,(H,20,22)/t12-,17-/m1/s1. The first-order valence-electron chi connectivity index (χ1n) is 8.16. The largest absolute Gasteiger partial charge is 0.390 e. The van der Waals surface area contributed by atoms with Crippen molar-refractivity contribution >= 4 is 23.2 Å². The number of fused-ring (bicyclic) bond motifs is 1. The second-order valence-corrected chi connectivity index (χ2v) is 7.14. The van der Waals surface area contributed by atoms with Crippen LogP contribution in [0.15, 0.2) is 18.2 Å². The van der Waals surface area contributed by atoms with Crippen molar-refractivity contribution in [3.05, 3.63) is 29.0 Å². The van der Waals surface area contributed by atoms with Crippen LogP contribution in [-0.2, 0) is 4.79 Å². The van der Waals surface area contributed by atoms with Crippen molar-refractivity contribution in [3.8, 4) is 0 Å². The van der Waals surface area contributed by atoms with Crippen LogP contribution in [0.5, 0.6) is 0 Å². The predicted molar refractivity (Wildman–Crippen MR) is 88.0 cm³/mol. The number of hydrogen-bond acceptors (Lipinski definition) is 3. The van der Waals surface area contributed by atoms with Crippen molar-refractivity contribution in [2.45, 2.75) is 37.7 Å². The van der Waals surface area contributed by atoms with Crippen LogP contribution < -0.4 is 5.32 Å². The number of nitrogens with one attached hydrogen (secondary N) is 1. The summed E-state index contributed by atoms with van der Waals surface area (Å²) in [5, 5.41) is 13.5. The minimum Gasteiger partial charge on any atom is -0.390 e. The van der Waals surface area contributed by atoms with E-state index in [2.05, 4.69) is 5.32 Å². The Bertz CT molecular complexity index is 598. The molecule has 1 aliphatic heterocycles. The van der Waals surface area contributed by atoms with E-state index in [4.69, 9.17) is 11.6 Å². The molecule has 1 amide bonds. The highest BCUT2D eigenvalue weighted by Crippen LogP contribution is 2.39. The lowest BCUT2D eigenvalue weighted by atomic mass is 9.71. The van der Waals surface area contributed by atoms with E-state index < -0.39 is 11.4 Å². The van der Waals surface area contributed by atoms with Gasteiger partial charge in [0, 0.05) is 24.0 Å². The maximum absolute atomic E-state index is 13.7. The van der Waals surface area contributed by atoms with Gasteiger partial charge in [-0.25, -0.2) is 4.39 Å². The quantitative estimate of drug-likeness (QED) is 0.889. The molecule has 0 radical (unpaired) electrons. The number of amides is 1. The second kappa shape index (κ2) is 6.75. The SMILES string of the molecule is O=C(CN1CC[C@]2(O)CCCC[C@@H]2C1)Nc1ccc(Cl)cc1F. The van der Waals surface area contributed by atoms with Gasteiger partial charge in [-0.3, -0.25) is 9.69 Å². The molecular weight excluding hydrogens is 319 g/mol. The zero-order valence-electron chi connectivity index (χ0n) is 13.0. The highest BCUT2D eigenvalue weighted by molar-refractivity contribution is 6.30. The maximum atomic E-state index is 13.7. The molecular formula is C17H22ClFN2O2. The number of likely N-dealkylation sites (tertiary alicyclic amines) is 1. The van der Waals surface area contributed by atoms with Crippen molar-refractivity contribution in [1.82, 2.24) is 4.90 Å². The number of nitrogens with zero attached hydrogens (tertiary/aromatic N) is 1. The Labute approximate surface area is 140 Å². The highest BCUT2D eigenvalue weighted by Gasteiger charge is 2.42. The molecule has 1 aliphatic carbocycles. The van der Waals surface area contributed by atoms with Crippen molar-refractivity contribution in [1.29, 1.82) is 0 Å². The number of carbonyl (C=O) groups excluding carboxylic acids is 1. The van der Waals surface area contributed by atoms with Gasteiger partial charge in [0.25, 0.3) is 0 Å². The number of rotatable bonds is 3. The second-order valence-electron chi connectivity index (χ2n) is 6.70. The summed E-state index contributed by atoms with van der Waals surface area (Å²) in [4.78, 5) is 14.2. The number of anilines is 1. The Morgan fingerprint density at radius 3 is 3.04 bits per heavy atom. The zero-order chi connectivity index (χ0) is 16.4. The van der Waals surface area contributed by atoms with E-state index in [1.165, 1.54) is 12.1 Å². The molecule has 126 valence electrons. The van der Waals surface area contributed by atoms with Crippen LogP contribution >= 0.6 is 11.6 Å². The van der Waals surface area contributed by atoms with E-state index in [1.807, 2.05) is 4.90 Å². The van der Waals surface area contributed by atoms with Gasteiger partial charge < -0.3 is 10.4 Å². The van der Waals surface area contributed by atoms with Gasteiger partial charge in [-0.15, -0.1) is 0 Å². The Morgan fingerprint density at radius 2 is 2.26 bits per heavy atom. The minimum atomic E-state index is -0.548. The lowest BCUT2D eigenvalue weighted by Gasteiger charge is -2.47. The van der Waals surface area contributed by atoms with Crippen LogP contribution in [-0.4, -0.2) is 41.1 Å². The first kappa shape index (κ1) is 16.7. The average Bonchev–Trinajstić information content (AvgIpc) is 2.50. The Morgan fingerprint density at radius 1 is 1.43 bits per heavy atom. The van der Waals surface area contributed by atoms with Gasteiger partial charge in [0.2, 0.25) is 5.91 Å². The highest BCUT2D eigenvalue weighted by atomic mass is 35.5. The molecule has 4 nitrogen and oxygen atoms in total. The molecule has 6 heteroatoms. The Balaban J connectivity index is 1.56. The Hall–Kier alpha value is -1.17. The third-order valence-electron chi connectivity index (χ3n) is 5.08. The van der Waals surface area contributed by atoms with Crippen molar-refractivity contribution < 1.29 is 14.3 Å². The van der Waals surface area contributed by atoms with Gasteiger partial charge in [-0.05, 0) is 37.5 Å². The zero-order valence-corrected chi connectivity index (χ0v) is 13.8. The molecule has 2 atom stereocenters. The molecule has 2 fully saturated rings. The summed E-state index contributed by atoms with van der Waals surface area (Å²) in [6, 6.07) is 4.19. The molecule has 2 N–H and O–H groups in total. The summed E-state index contributed by atoms with van der Waals surface area (Å²) in [6.45, 7) is 1.64.